The standard InChI is InChI=1S/C41H34N2/c1-3-12-37-39(19-10-4-13-29-21-26-35-32(27-29)24-22-30-14-5-7-16-34(30)35)43(40-20-11-9-18-38(40)42-2)28-33-25-23-31-15-6-8-17-36(31)41(33)37/h3-12,14-18,20-27H,2,13,19,28H2,1H3/b10-4?,12-3-. The summed E-state index contributed by atoms with van der Waals surface area (Å²) in [6, 6.07) is 41.5. The average Bonchev–Trinajstić information content (AvgIpc) is 3.06. The van der Waals surface area contributed by atoms with Gasteiger partial charge in [0.15, 0.2) is 0 Å². The number of benzene rings is 6. The minimum absolute atomic E-state index is 0.787. The summed E-state index contributed by atoms with van der Waals surface area (Å²) >= 11 is 0. The molecule has 0 aliphatic carbocycles. The Bertz CT molecular complexity index is 2090. The van der Waals surface area contributed by atoms with Crippen LogP contribution in [0.1, 0.15) is 30.0 Å². The molecule has 0 amide bonds. The fourth-order valence-corrected chi connectivity index (χ4v) is 6.55. The molecule has 0 fully saturated rings. The van der Waals surface area contributed by atoms with Gasteiger partial charge in [0.1, 0.15) is 0 Å². The molecular formula is C41H34N2. The van der Waals surface area contributed by atoms with E-state index in [2.05, 4.69) is 151 Å². The molecule has 0 saturated heterocycles. The molecule has 7 rings (SSSR count). The fraction of sp³-hybridized carbons (Fsp3) is 0.0976. The zero-order valence-electron chi connectivity index (χ0n) is 24.5. The van der Waals surface area contributed by atoms with E-state index in [4.69, 9.17) is 0 Å². The molecule has 0 saturated carbocycles. The fourth-order valence-electron chi connectivity index (χ4n) is 6.55. The predicted molar refractivity (Wildman–Crippen MR) is 186 cm³/mol. The molecule has 6 aromatic carbocycles. The van der Waals surface area contributed by atoms with E-state index in [-0.39, 0.29) is 0 Å². The maximum atomic E-state index is 4.39. The van der Waals surface area contributed by atoms with Crippen LogP contribution in [0.3, 0.4) is 0 Å². The molecule has 0 radical (unpaired) electrons. The van der Waals surface area contributed by atoms with Crippen LogP contribution in [0.5, 0.6) is 0 Å². The van der Waals surface area contributed by atoms with Crippen molar-refractivity contribution in [1.29, 1.82) is 0 Å². The van der Waals surface area contributed by atoms with Crippen molar-refractivity contribution in [3.8, 4) is 0 Å². The van der Waals surface area contributed by atoms with E-state index in [0.717, 1.165) is 30.8 Å². The highest BCUT2D eigenvalue weighted by Crippen LogP contribution is 2.43. The number of anilines is 1. The molecule has 6 aromatic rings. The molecule has 1 heterocycles. The SMILES string of the molecule is C=Nc1ccccc1N1Cc2ccc3ccccc3c2C(/C=C\C)=C1CC=CCc1ccc2c(ccc3ccccc32)c1. The first-order valence-electron chi connectivity index (χ1n) is 15.0. The third kappa shape index (κ3) is 4.96. The summed E-state index contributed by atoms with van der Waals surface area (Å²) in [5.74, 6) is 0. The van der Waals surface area contributed by atoms with Crippen molar-refractivity contribution in [1.82, 2.24) is 0 Å². The van der Waals surface area contributed by atoms with Gasteiger partial charge in [-0.2, -0.15) is 0 Å². The van der Waals surface area contributed by atoms with Gasteiger partial charge in [0.2, 0.25) is 0 Å². The number of allylic oxidation sites excluding steroid dienone is 5. The van der Waals surface area contributed by atoms with E-state index in [1.165, 1.54) is 60.3 Å². The molecule has 1 aliphatic rings. The van der Waals surface area contributed by atoms with Gasteiger partial charge in [-0.15, -0.1) is 0 Å². The number of hydrogen-bond donors (Lipinski definition) is 0. The molecule has 0 N–H and O–H groups in total. The Morgan fingerprint density at radius 3 is 2.21 bits per heavy atom. The van der Waals surface area contributed by atoms with E-state index < -0.39 is 0 Å². The summed E-state index contributed by atoms with van der Waals surface area (Å²) in [6.45, 7) is 6.77. The molecule has 0 spiro atoms. The maximum Gasteiger partial charge on any atom is 0.0859 e. The van der Waals surface area contributed by atoms with Crippen LogP contribution in [0, 0.1) is 0 Å². The van der Waals surface area contributed by atoms with Gasteiger partial charge in [0.25, 0.3) is 0 Å². The van der Waals surface area contributed by atoms with Crippen molar-refractivity contribution in [2.24, 2.45) is 4.99 Å². The lowest BCUT2D eigenvalue weighted by Crippen LogP contribution is -2.27. The van der Waals surface area contributed by atoms with Crippen LogP contribution < -0.4 is 4.90 Å². The van der Waals surface area contributed by atoms with Crippen molar-refractivity contribution in [2.75, 3.05) is 4.90 Å². The van der Waals surface area contributed by atoms with Gasteiger partial charge < -0.3 is 4.90 Å². The van der Waals surface area contributed by atoms with E-state index >= 15 is 0 Å². The van der Waals surface area contributed by atoms with E-state index in [1.54, 1.807) is 0 Å². The van der Waals surface area contributed by atoms with Crippen molar-refractivity contribution >= 4 is 56.0 Å². The Labute approximate surface area is 253 Å². The minimum Gasteiger partial charge on any atom is -0.338 e. The summed E-state index contributed by atoms with van der Waals surface area (Å²) in [7, 11) is 0. The van der Waals surface area contributed by atoms with Crippen molar-refractivity contribution in [3.05, 3.63) is 162 Å². The third-order valence-electron chi connectivity index (χ3n) is 8.57. The van der Waals surface area contributed by atoms with E-state index in [1.807, 2.05) is 12.1 Å². The highest BCUT2D eigenvalue weighted by Gasteiger charge is 2.26. The van der Waals surface area contributed by atoms with Crippen LogP contribution in [0.2, 0.25) is 0 Å². The van der Waals surface area contributed by atoms with Gasteiger partial charge in [-0.1, -0.05) is 127 Å². The van der Waals surface area contributed by atoms with Crippen LogP contribution in [0.15, 0.2) is 150 Å². The van der Waals surface area contributed by atoms with Gasteiger partial charge in [-0.3, -0.25) is 4.99 Å². The van der Waals surface area contributed by atoms with Crippen molar-refractivity contribution < 1.29 is 0 Å². The Morgan fingerprint density at radius 1 is 0.698 bits per heavy atom. The molecule has 2 heteroatoms. The van der Waals surface area contributed by atoms with Gasteiger partial charge >= 0.3 is 0 Å². The topological polar surface area (TPSA) is 15.6 Å². The van der Waals surface area contributed by atoms with E-state index in [0.29, 0.717) is 0 Å². The lowest BCUT2D eigenvalue weighted by Gasteiger charge is -2.36. The maximum absolute atomic E-state index is 4.39. The smallest absolute Gasteiger partial charge is 0.0859 e. The quantitative estimate of drug-likeness (QED) is 0.109. The van der Waals surface area contributed by atoms with Crippen LogP contribution in [-0.2, 0) is 13.0 Å². The van der Waals surface area contributed by atoms with Crippen LogP contribution in [0.25, 0.3) is 37.9 Å². The second-order valence-electron chi connectivity index (χ2n) is 11.1. The average molecular weight is 555 g/mol. The summed E-state index contributed by atoms with van der Waals surface area (Å²) in [5, 5.41) is 7.76. The highest BCUT2D eigenvalue weighted by molar-refractivity contribution is 6.07. The van der Waals surface area contributed by atoms with Gasteiger partial charge in [0.05, 0.1) is 11.4 Å². The first-order valence-corrected chi connectivity index (χ1v) is 15.0. The summed E-state index contributed by atoms with van der Waals surface area (Å²) in [5.41, 5.74) is 8.50. The van der Waals surface area contributed by atoms with Gasteiger partial charge in [-0.05, 0) is 81.2 Å². The van der Waals surface area contributed by atoms with Gasteiger partial charge in [-0.25, -0.2) is 0 Å². The lowest BCUT2D eigenvalue weighted by molar-refractivity contribution is 0.870. The Hall–Kier alpha value is -5.21. The summed E-state index contributed by atoms with van der Waals surface area (Å²) < 4.78 is 0. The van der Waals surface area contributed by atoms with Crippen LogP contribution in [0.4, 0.5) is 11.4 Å². The third-order valence-corrected chi connectivity index (χ3v) is 8.57. The minimum atomic E-state index is 0.787. The number of rotatable bonds is 7. The Morgan fingerprint density at radius 2 is 1.37 bits per heavy atom. The number of aliphatic imine (C=N–C) groups is 1. The normalized spacial score (nSPS) is 13.6. The number of nitrogens with zero attached hydrogens (tertiary/aromatic N) is 2. The molecular weight excluding hydrogens is 520 g/mol. The van der Waals surface area contributed by atoms with E-state index in [9.17, 15) is 0 Å². The first kappa shape index (κ1) is 26.7. The summed E-state index contributed by atoms with van der Waals surface area (Å²) in [4.78, 5) is 6.82. The Kier molecular flexibility index (Phi) is 7.18. The molecule has 1 aliphatic heterocycles. The zero-order chi connectivity index (χ0) is 29.2. The first-order chi connectivity index (χ1) is 21.2. The Balaban J connectivity index is 1.27. The highest BCUT2D eigenvalue weighted by atomic mass is 15.2. The van der Waals surface area contributed by atoms with Crippen LogP contribution >= 0.6 is 0 Å². The number of hydrogen-bond acceptors (Lipinski definition) is 2. The molecule has 43 heavy (non-hydrogen) atoms. The molecule has 0 unspecified atom stereocenters. The molecule has 0 aromatic heterocycles. The lowest BCUT2D eigenvalue weighted by atomic mass is 9.87. The second-order valence-corrected chi connectivity index (χ2v) is 11.1. The molecule has 2 nitrogen and oxygen atoms in total. The molecule has 0 atom stereocenters. The summed E-state index contributed by atoms with van der Waals surface area (Å²) in [6.07, 6.45) is 10.8. The molecule has 208 valence electrons. The van der Waals surface area contributed by atoms with Gasteiger partial charge in [0, 0.05) is 24.2 Å². The van der Waals surface area contributed by atoms with Crippen molar-refractivity contribution in [3.63, 3.8) is 0 Å². The second kappa shape index (κ2) is 11.6. The van der Waals surface area contributed by atoms with Crippen LogP contribution in [-0.4, -0.2) is 6.72 Å². The molecule has 0 bridgehead atoms. The predicted octanol–water partition coefficient (Wildman–Crippen LogP) is 11.0. The van der Waals surface area contributed by atoms with Crippen molar-refractivity contribution in [2.45, 2.75) is 26.3 Å². The number of para-hydroxylation sites is 2. The number of fused-ring (bicyclic) bond motifs is 6. The monoisotopic (exact) mass is 554 g/mol. The largest absolute Gasteiger partial charge is 0.338 e. The zero-order valence-corrected chi connectivity index (χ0v) is 24.5.